The van der Waals surface area contributed by atoms with E-state index < -0.39 is 0 Å². The molecule has 1 aromatic rings. The van der Waals surface area contributed by atoms with Gasteiger partial charge in [0, 0.05) is 24.9 Å². The summed E-state index contributed by atoms with van der Waals surface area (Å²) < 4.78 is 0. The first kappa shape index (κ1) is 14.1. The molecule has 0 radical (unpaired) electrons. The molecule has 1 aliphatic carbocycles. The molecule has 1 fully saturated rings. The van der Waals surface area contributed by atoms with Gasteiger partial charge < -0.3 is 15.0 Å². The largest absolute Gasteiger partial charge is 0.395 e. The molecule has 1 heterocycles. The van der Waals surface area contributed by atoms with Gasteiger partial charge in [0.2, 0.25) is 5.91 Å². The minimum atomic E-state index is -0.00439. The molecule has 19 heavy (non-hydrogen) atoms. The zero-order valence-electron chi connectivity index (χ0n) is 11.5. The lowest BCUT2D eigenvalue weighted by Gasteiger charge is -2.30. The highest BCUT2D eigenvalue weighted by atomic mass is 16.3. The smallest absolute Gasteiger partial charge is 0.226 e. The van der Waals surface area contributed by atoms with Crippen molar-refractivity contribution in [3.63, 3.8) is 0 Å². The Morgan fingerprint density at radius 2 is 2.21 bits per heavy atom. The first-order valence-electron chi connectivity index (χ1n) is 7.08. The Bertz CT molecular complexity index is 383. The van der Waals surface area contributed by atoms with Crippen LogP contribution in [0, 0.1) is 11.8 Å². The minimum absolute atomic E-state index is 0.00439. The van der Waals surface area contributed by atoms with Crippen molar-refractivity contribution in [2.24, 2.45) is 11.8 Å². The van der Waals surface area contributed by atoms with Gasteiger partial charge in [-0.05, 0) is 31.6 Å². The Kier molecular flexibility index (Phi) is 4.96. The first-order chi connectivity index (χ1) is 9.20. The summed E-state index contributed by atoms with van der Waals surface area (Å²) in [5.74, 6) is 1.79. The third kappa shape index (κ3) is 3.80. The summed E-state index contributed by atoms with van der Waals surface area (Å²) in [4.78, 5) is 21.4. The molecule has 0 aliphatic heterocycles. The number of aliphatic hydroxyl groups is 1. The lowest BCUT2D eigenvalue weighted by molar-refractivity contribution is -0.138. The Labute approximate surface area is 114 Å². The second-order valence-electron chi connectivity index (χ2n) is 5.48. The van der Waals surface area contributed by atoms with E-state index in [0.29, 0.717) is 13.1 Å². The lowest BCUT2D eigenvalue weighted by atomic mass is 9.82. The highest BCUT2D eigenvalue weighted by Gasteiger charge is 2.28. The van der Waals surface area contributed by atoms with Crippen LogP contribution in [0.4, 0.5) is 0 Å². The number of aromatic nitrogens is 2. The standard InChI is InChI=1S/C14H23N3O2/c1-11-2-4-12(5-3-11)14(19)17(8-9-18)10-13-15-6-7-16-13/h6-7,11-12,18H,2-5,8-10H2,1H3,(H,15,16). The molecule has 1 amide bonds. The molecule has 0 unspecified atom stereocenters. The van der Waals surface area contributed by atoms with Crippen molar-refractivity contribution in [1.82, 2.24) is 14.9 Å². The molecule has 1 aliphatic rings. The van der Waals surface area contributed by atoms with E-state index in [4.69, 9.17) is 5.11 Å². The topological polar surface area (TPSA) is 69.2 Å². The van der Waals surface area contributed by atoms with Crippen LogP contribution in [0.15, 0.2) is 12.4 Å². The second kappa shape index (κ2) is 6.70. The maximum Gasteiger partial charge on any atom is 0.226 e. The zero-order chi connectivity index (χ0) is 13.7. The molecule has 1 aromatic heterocycles. The second-order valence-corrected chi connectivity index (χ2v) is 5.48. The summed E-state index contributed by atoms with van der Waals surface area (Å²) in [6, 6.07) is 0. The Morgan fingerprint density at radius 1 is 1.47 bits per heavy atom. The summed E-state index contributed by atoms with van der Waals surface area (Å²) in [6.07, 6.45) is 7.63. The van der Waals surface area contributed by atoms with Crippen molar-refractivity contribution >= 4 is 5.91 Å². The van der Waals surface area contributed by atoms with Crippen molar-refractivity contribution in [2.75, 3.05) is 13.2 Å². The Hall–Kier alpha value is -1.36. The number of H-pyrrole nitrogens is 1. The van der Waals surface area contributed by atoms with Gasteiger partial charge in [-0.15, -0.1) is 0 Å². The van der Waals surface area contributed by atoms with Crippen LogP contribution in [0.3, 0.4) is 0 Å². The van der Waals surface area contributed by atoms with Crippen LogP contribution in [0.5, 0.6) is 0 Å². The van der Waals surface area contributed by atoms with Crippen molar-refractivity contribution in [3.8, 4) is 0 Å². The molecule has 0 aromatic carbocycles. The van der Waals surface area contributed by atoms with Gasteiger partial charge in [0.05, 0.1) is 13.2 Å². The van der Waals surface area contributed by atoms with E-state index in [0.717, 1.165) is 37.4 Å². The van der Waals surface area contributed by atoms with Crippen LogP contribution in [0.25, 0.3) is 0 Å². The van der Waals surface area contributed by atoms with Gasteiger partial charge in [-0.1, -0.05) is 6.92 Å². The van der Waals surface area contributed by atoms with E-state index in [1.165, 1.54) is 0 Å². The Morgan fingerprint density at radius 3 is 2.79 bits per heavy atom. The fourth-order valence-electron chi connectivity index (χ4n) is 2.72. The van der Waals surface area contributed by atoms with Crippen LogP contribution >= 0.6 is 0 Å². The number of aliphatic hydroxyl groups excluding tert-OH is 1. The van der Waals surface area contributed by atoms with Crippen LogP contribution in [0.2, 0.25) is 0 Å². The average Bonchev–Trinajstić information content (AvgIpc) is 2.91. The van der Waals surface area contributed by atoms with Crippen LogP contribution in [-0.2, 0) is 11.3 Å². The molecule has 0 atom stereocenters. The third-order valence-corrected chi connectivity index (χ3v) is 3.94. The van der Waals surface area contributed by atoms with Gasteiger partial charge in [0.25, 0.3) is 0 Å². The van der Waals surface area contributed by atoms with Gasteiger partial charge in [-0.2, -0.15) is 0 Å². The van der Waals surface area contributed by atoms with Gasteiger partial charge in [-0.3, -0.25) is 4.79 Å². The average molecular weight is 265 g/mol. The monoisotopic (exact) mass is 265 g/mol. The van der Waals surface area contributed by atoms with Gasteiger partial charge >= 0.3 is 0 Å². The fourth-order valence-corrected chi connectivity index (χ4v) is 2.72. The summed E-state index contributed by atoms with van der Waals surface area (Å²) in [5.41, 5.74) is 0. The molecule has 5 nitrogen and oxygen atoms in total. The van der Waals surface area contributed by atoms with E-state index in [-0.39, 0.29) is 18.4 Å². The quantitative estimate of drug-likeness (QED) is 0.849. The number of aromatic amines is 1. The molecule has 0 bridgehead atoms. The number of hydrogen-bond acceptors (Lipinski definition) is 3. The van der Waals surface area contributed by atoms with Crippen molar-refractivity contribution in [3.05, 3.63) is 18.2 Å². The maximum absolute atomic E-state index is 12.5. The highest BCUT2D eigenvalue weighted by molar-refractivity contribution is 5.78. The minimum Gasteiger partial charge on any atom is -0.395 e. The molecule has 0 saturated heterocycles. The predicted octanol–water partition coefficient (Wildman–Crippen LogP) is 1.56. The summed E-state index contributed by atoms with van der Waals surface area (Å²) in [5, 5.41) is 9.13. The van der Waals surface area contributed by atoms with Crippen molar-refractivity contribution in [2.45, 2.75) is 39.2 Å². The highest BCUT2D eigenvalue weighted by Crippen LogP contribution is 2.29. The zero-order valence-corrected chi connectivity index (χ0v) is 11.5. The molecule has 5 heteroatoms. The Balaban J connectivity index is 1.95. The normalized spacial score (nSPS) is 23.3. The van der Waals surface area contributed by atoms with Crippen LogP contribution in [-0.4, -0.2) is 39.0 Å². The number of nitrogens with one attached hydrogen (secondary N) is 1. The first-order valence-corrected chi connectivity index (χ1v) is 7.08. The molecular formula is C14H23N3O2. The number of nitrogens with zero attached hydrogens (tertiary/aromatic N) is 2. The van der Waals surface area contributed by atoms with Gasteiger partial charge in [-0.25, -0.2) is 4.98 Å². The molecular weight excluding hydrogens is 242 g/mol. The van der Waals surface area contributed by atoms with E-state index >= 15 is 0 Å². The number of carbonyl (C=O) groups is 1. The summed E-state index contributed by atoms with van der Waals surface area (Å²) >= 11 is 0. The number of rotatable bonds is 5. The molecule has 0 spiro atoms. The molecule has 106 valence electrons. The van der Waals surface area contributed by atoms with Gasteiger partial charge in [0.1, 0.15) is 5.82 Å². The summed E-state index contributed by atoms with van der Waals surface area (Å²) in [6.45, 7) is 3.08. The predicted molar refractivity (Wildman–Crippen MR) is 72.2 cm³/mol. The summed E-state index contributed by atoms with van der Waals surface area (Å²) in [7, 11) is 0. The number of imidazole rings is 1. The van der Waals surface area contributed by atoms with Crippen LogP contribution in [0.1, 0.15) is 38.4 Å². The van der Waals surface area contributed by atoms with E-state index in [1.807, 2.05) is 0 Å². The van der Waals surface area contributed by atoms with E-state index in [9.17, 15) is 4.79 Å². The molecule has 1 saturated carbocycles. The van der Waals surface area contributed by atoms with Crippen molar-refractivity contribution in [1.29, 1.82) is 0 Å². The maximum atomic E-state index is 12.5. The van der Waals surface area contributed by atoms with E-state index in [2.05, 4.69) is 16.9 Å². The number of hydrogen-bond donors (Lipinski definition) is 2. The number of amides is 1. The van der Waals surface area contributed by atoms with E-state index in [1.54, 1.807) is 17.3 Å². The molecule has 2 rings (SSSR count). The molecule has 2 N–H and O–H groups in total. The van der Waals surface area contributed by atoms with Crippen molar-refractivity contribution < 1.29 is 9.90 Å². The lowest BCUT2D eigenvalue weighted by Crippen LogP contribution is -2.39. The van der Waals surface area contributed by atoms with Gasteiger partial charge in [0.15, 0.2) is 0 Å². The third-order valence-electron chi connectivity index (χ3n) is 3.94. The fraction of sp³-hybridized carbons (Fsp3) is 0.714. The number of carbonyl (C=O) groups excluding carboxylic acids is 1. The SMILES string of the molecule is CC1CCC(C(=O)N(CCO)Cc2ncc[nH]2)CC1. The van der Waals surface area contributed by atoms with Crippen LogP contribution < -0.4 is 0 Å².